The molecule has 1 aromatic rings. The van der Waals surface area contributed by atoms with Crippen molar-refractivity contribution in [3.05, 3.63) is 29.8 Å². The fourth-order valence-corrected chi connectivity index (χ4v) is 5.09. The third-order valence-electron chi connectivity index (χ3n) is 5.05. The number of sulfonamides is 1. The number of nitrogens with one attached hydrogen (secondary N) is 1. The van der Waals surface area contributed by atoms with E-state index in [2.05, 4.69) is 5.32 Å². The maximum atomic E-state index is 12.9. The van der Waals surface area contributed by atoms with Gasteiger partial charge in [-0.3, -0.25) is 4.79 Å². The molecule has 2 aliphatic rings. The quantitative estimate of drug-likeness (QED) is 0.885. The molecule has 1 N–H and O–H groups in total. The van der Waals surface area contributed by atoms with Crippen LogP contribution < -0.4 is 5.32 Å². The van der Waals surface area contributed by atoms with Crippen LogP contribution in [0.3, 0.4) is 0 Å². The Balaban J connectivity index is 1.84. The van der Waals surface area contributed by atoms with E-state index < -0.39 is 10.0 Å². The van der Waals surface area contributed by atoms with E-state index in [-0.39, 0.29) is 16.8 Å². The van der Waals surface area contributed by atoms with E-state index in [1.54, 1.807) is 22.5 Å². The summed E-state index contributed by atoms with van der Waals surface area (Å²) in [6.07, 6.45) is 3.95. The topological polar surface area (TPSA) is 69.7 Å². The molecule has 0 bridgehead atoms. The Labute approximate surface area is 150 Å². The number of amides is 1. The van der Waals surface area contributed by atoms with Gasteiger partial charge in [0.25, 0.3) is 5.91 Å². The number of piperazine rings is 1. The maximum Gasteiger partial charge on any atom is 0.254 e. The number of benzene rings is 1. The molecule has 0 saturated carbocycles. The van der Waals surface area contributed by atoms with Crippen molar-refractivity contribution in [3.8, 4) is 0 Å². The van der Waals surface area contributed by atoms with Crippen molar-refractivity contribution in [2.24, 2.45) is 0 Å². The van der Waals surface area contributed by atoms with Crippen LogP contribution in [0.15, 0.2) is 29.2 Å². The highest BCUT2D eigenvalue weighted by molar-refractivity contribution is 7.89. The third kappa shape index (κ3) is 4.04. The summed E-state index contributed by atoms with van der Waals surface area (Å²) in [6.45, 7) is 5.30. The fourth-order valence-electron chi connectivity index (χ4n) is 3.53. The van der Waals surface area contributed by atoms with Crippen molar-refractivity contribution < 1.29 is 13.2 Å². The zero-order valence-electron chi connectivity index (χ0n) is 14.8. The summed E-state index contributed by atoms with van der Waals surface area (Å²) < 4.78 is 27.5. The Hall–Kier alpha value is -1.44. The van der Waals surface area contributed by atoms with Gasteiger partial charge in [-0.2, -0.15) is 4.31 Å². The first-order chi connectivity index (χ1) is 12.0. The molecule has 0 aromatic heterocycles. The van der Waals surface area contributed by atoms with Gasteiger partial charge in [0.15, 0.2) is 0 Å². The van der Waals surface area contributed by atoms with Crippen molar-refractivity contribution in [2.75, 3.05) is 32.7 Å². The van der Waals surface area contributed by atoms with Crippen LogP contribution in [0.2, 0.25) is 0 Å². The average molecular weight is 365 g/mol. The molecule has 1 atom stereocenters. The van der Waals surface area contributed by atoms with Crippen LogP contribution in [0.5, 0.6) is 0 Å². The lowest BCUT2D eigenvalue weighted by molar-refractivity contribution is 0.0655. The van der Waals surface area contributed by atoms with Gasteiger partial charge in [0, 0.05) is 44.3 Å². The van der Waals surface area contributed by atoms with Crippen LogP contribution in [-0.4, -0.2) is 62.3 Å². The Morgan fingerprint density at radius 3 is 2.52 bits per heavy atom. The second-order valence-corrected chi connectivity index (χ2v) is 8.84. The van der Waals surface area contributed by atoms with E-state index in [0.717, 1.165) is 38.8 Å². The number of rotatable bonds is 3. The van der Waals surface area contributed by atoms with Crippen molar-refractivity contribution >= 4 is 15.9 Å². The molecule has 3 rings (SSSR count). The molecule has 2 aliphatic heterocycles. The first-order valence-electron chi connectivity index (χ1n) is 9.12. The van der Waals surface area contributed by atoms with Gasteiger partial charge >= 0.3 is 0 Å². The molecule has 0 unspecified atom stereocenters. The van der Waals surface area contributed by atoms with Crippen molar-refractivity contribution in [3.63, 3.8) is 0 Å². The second kappa shape index (κ2) is 7.85. The van der Waals surface area contributed by atoms with Crippen molar-refractivity contribution in [2.45, 2.75) is 43.5 Å². The Kier molecular flexibility index (Phi) is 5.76. The summed E-state index contributed by atoms with van der Waals surface area (Å²) in [5.74, 6) is -0.0954. The van der Waals surface area contributed by atoms with Gasteiger partial charge in [0.05, 0.1) is 4.90 Å². The average Bonchev–Trinajstić information content (AvgIpc) is 2.92. The molecule has 25 heavy (non-hydrogen) atoms. The molecule has 2 heterocycles. The molecule has 2 fully saturated rings. The summed E-state index contributed by atoms with van der Waals surface area (Å²) in [5, 5.41) is 3.26. The standard InChI is InChI=1S/C18H27N3O3S/c1-15-14-19-9-12-21(15)18(22)16-7-6-8-17(13-16)25(23,24)20-10-4-2-3-5-11-20/h6-8,13,15,19H,2-5,9-12,14H2,1H3/t15-/m1/s1. The molecule has 7 heteroatoms. The smallest absolute Gasteiger partial charge is 0.254 e. The summed E-state index contributed by atoms with van der Waals surface area (Å²) in [4.78, 5) is 14.8. The van der Waals surface area contributed by atoms with Gasteiger partial charge in [-0.1, -0.05) is 18.9 Å². The van der Waals surface area contributed by atoms with Gasteiger partial charge in [-0.05, 0) is 38.0 Å². The van der Waals surface area contributed by atoms with Crippen molar-refractivity contribution in [1.29, 1.82) is 0 Å². The van der Waals surface area contributed by atoms with Crippen LogP contribution in [0, 0.1) is 0 Å². The van der Waals surface area contributed by atoms with Crippen LogP contribution in [-0.2, 0) is 10.0 Å². The lowest BCUT2D eigenvalue weighted by Gasteiger charge is -2.34. The van der Waals surface area contributed by atoms with E-state index in [1.807, 2.05) is 11.8 Å². The molecule has 0 aliphatic carbocycles. The van der Waals surface area contributed by atoms with Crippen LogP contribution in [0.25, 0.3) is 0 Å². The molecule has 2 saturated heterocycles. The summed E-state index contributed by atoms with van der Waals surface area (Å²) in [7, 11) is -3.54. The normalized spacial score (nSPS) is 23.2. The van der Waals surface area contributed by atoms with Gasteiger partial charge in [-0.15, -0.1) is 0 Å². The van der Waals surface area contributed by atoms with E-state index in [1.165, 1.54) is 6.07 Å². The predicted octanol–water partition coefficient (Wildman–Crippen LogP) is 1.69. The van der Waals surface area contributed by atoms with Crippen LogP contribution in [0.4, 0.5) is 0 Å². The molecule has 1 aromatic carbocycles. The van der Waals surface area contributed by atoms with Gasteiger partial charge in [0.1, 0.15) is 0 Å². The van der Waals surface area contributed by atoms with Crippen molar-refractivity contribution in [1.82, 2.24) is 14.5 Å². The maximum absolute atomic E-state index is 12.9. The van der Waals surface area contributed by atoms with E-state index >= 15 is 0 Å². The lowest BCUT2D eigenvalue weighted by Crippen LogP contribution is -2.52. The minimum Gasteiger partial charge on any atom is -0.333 e. The SMILES string of the molecule is C[C@@H]1CNCCN1C(=O)c1cccc(S(=O)(=O)N2CCCCCC2)c1. The molecule has 0 radical (unpaired) electrons. The van der Waals surface area contributed by atoms with E-state index in [4.69, 9.17) is 0 Å². The minimum atomic E-state index is -3.54. The fraction of sp³-hybridized carbons (Fsp3) is 0.611. The van der Waals surface area contributed by atoms with E-state index in [0.29, 0.717) is 25.2 Å². The number of hydrogen-bond donors (Lipinski definition) is 1. The molecular weight excluding hydrogens is 338 g/mol. The van der Waals surface area contributed by atoms with Crippen LogP contribution >= 0.6 is 0 Å². The largest absolute Gasteiger partial charge is 0.333 e. The Morgan fingerprint density at radius 2 is 1.84 bits per heavy atom. The highest BCUT2D eigenvalue weighted by atomic mass is 32.2. The third-order valence-corrected chi connectivity index (χ3v) is 6.94. The first-order valence-corrected chi connectivity index (χ1v) is 10.6. The number of nitrogens with zero attached hydrogens (tertiary/aromatic N) is 2. The first kappa shape index (κ1) is 18.4. The van der Waals surface area contributed by atoms with Crippen LogP contribution in [0.1, 0.15) is 43.0 Å². The van der Waals surface area contributed by atoms with E-state index in [9.17, 15) is 13.2 Å². The predicted molar refractivity (Wildman–Crippen MR) is 97.0 cm³/mol. The highest BCUT2D eigenvalue weighted by Crippen LogP contribution is 2.22. The number of carbonyl (C=O) groups is 1. The zero-order valence-corrected chi connectivity index (χ0v) is 15.6. The van der Waals surface area contributed by atoms with Gasteiger partial charge < -0.3 is 10.2 Å². The molecule has 0 spiro atoms. The monoisotopic (exact) mass is 365 g/mol. The molecule has 1 amide bonds. The van der Waals surface area contributed by atoms with Gasteiger partial charge in [0.2, 0.25) is 10.0 Å². The molecule has 138 valence electrons. The zero-order chi connectivity index (χ0) is 17.9. The van der Waals surface area contributed by atoms with Gasteiger partial charge in [-0.25, -0.2) is 8.42 Å². The summed E-state index contributed by atoms with van der Waals surface area (Å²) in [5.41, 5.74) is 0.449. The molecular formula is C18H27N3O3S. The highest BCUT2D eigenvalue weighted by Gasteiger charge is 2.28. The number of hydrogen-bond acceptors (Lipinski definition) is 4. The number of carbonyl (C=O) groups excluding carboxylic acids is 1. The lowest BCUT2D eigenvalue weighted by atomic mass is 10.1. The Morgan fingerprint density at radius 1 is 1.12 bits per heavy atom. The second-order valence-electron chi connectivity index (χ2n) is 6.90. The minimum absolute atomic E-state index is 0.0954. The summed E-state index contributed by atoms with van der Waals surface area (Å²) >= 11 is 0. The summed E-state index contributed by atoms with van der Waals surface area (Å²) in [6, 6.07) is 6.62. The Bertz CT molecular complexity index is 712. The molecule has 6 nitrogen and oxygen atoms in total.